The van der Waals surface area contributed by atoms with Crippen molar-refractivity contribution in [2.24, 2.45) is 0 Å². The molecular formula is C9H17NO4. The fraction of sp³-hybridized carbons (Fsp3) is 0.889. The molecule has 1 aliphatic rings. The van der Waals surface area contributed by atoms with Gasteiger partial charge in [0.05, 0.1) is 25.4 Å². The van der Waals surface area contributed by atoms with Gasteiger partial charge in [-0.25, -0.2) is 0 Å². The molecule has 1 aliphatic heterocycles. The first-order valence-corrected chi connectivity index (χ1v) is 4.64. The van der Waals surface area contributed by atoms with Crippen LogP contribution in [0.25, 0.3) is 0 Å². The van der Waals surface area contributed by atoms with Crippen molar-refractivity contribution in [1.29, 1.82) is 0 Å². The van der Waals surface area contributed by atoms with E-state index < -0.39 is 17.9 Å². The first-order chi connectivity index (χ1) is 6.41. The molecule has 2 N–H and O–H groups in total. The third-order valence-electron chi connectivity index (χ3n) is 2.07. The van der Waals surface area contributed by atoms with Crippen LogP contribution in [0, 0.1) is 0 Å². The van der Waals surface area contributed by atoms with E-state index in [0.717, 1.165) is 0 Å². The van der Waals surface area contributed by atoms with Crippen molar-refractivity contribution in [2.45, 2.75) is 38.7 Å². The number of carbonyl (C=O) groups is 1. The Morgan fingerprint density at radius 2 is 2.00 bits per heavy atom. The van der Waals surface area contributed by atoms with Crippen LogP contribution in [0.3, 0.4) is 0 Å². The molecule has 1 amide bonds. The summed E-state index contributed by atoms with van der Waals surface area (Å²) in [4.78, 5) is 10.8. The minimum absolute atomic E-state index is 0.165. The van der Waals surface area contributed by atoms with Gasteiger partial charge in [0.2, 0.25) is 5.91 Å². The molecule has 5 nitrogen and oxygen atoms in total. The van der Waals surface area contributed by atoms with Crippen molar-refractivity contribution in [2.75, 3.05) is 13.2 Å². The molecule has 82 valence electrons. The Balaban J connectivity index is 2.56. The van der Waals surface area contributed by atoms with Crippen LogP contribution in [0.2, 0.25) is 0 Å². The molecule has 2 atom stereocenters. The van der Waals surface area contributed by atoms with Gasteiger partial charge < -0.3 is 19.9 Å². The molecule has 1 fully saturated rings. The van der Waals surface area contributed by atoms with Gasteiger partial charge in [-0.3, -0.25) is 4.79 Å². The first-order valence-electron chi connectivity index (χ1n) is 4.64. The number of rotatable bonds is 1. The summed E-state index contributed by atoms with van der Waals surface area (Å²) in [5.41, 5.74) is 0. The lowest BCUT2D eigenvalue weighted by molar-refractivity contribution is -0.203. The summed E-state index contributed by atoms with van der Waals surface area (Å²) in [6.07, 6.45) is -0.722. The van der Waals surface area contributed by atoms with E-state index in [1.54, 1.807) is 13.8 Å². The summed E-state index contributed by atoms with van der Waals surface area (Å²) in [6.45, 7) is 5.38. The van der Waals surface area contributed by atoms with Gasteiger partial charge in [0.1, 0.15) is 0 Å². The summed E-state index contributed by atoms with van der Waals surface area (Å²) in [5.74, 6) is -0.883. The van der Waals surface area contributed by atoms with Crippen molar-refractivity contribution in [1.82, 2.24) is 5.32 Å². The minimum Gasteiger partial charge on any atom is -0.388 e. The molecule has 0 radical (unpaired) electrons. The van der Waals surface area contributed by atoms with Crippen molar-refractivity contribution >= 4 is 5.91 Å². The Morgan fingerprint density at radius 1 is 1.43 bits per heavy atom. The highest BCUT2D eigenvalue weighted by Crippen LogP contribution is 2.17. The number of aliphatic hydroxyl groups excluding tert-OH is 1. The molecule has 0 aromatic rings. The van der Waals surface area contributed by atoms with E-state index in [0.29, 0.717) is 0 Å². The highest BCUT2D eigenvalue weighted by Gasteiger charge is 2.31. The second-order valence-electron chi connectivity index (χ2n) is 3.90. The number of aliphatic hydroxyl groups is 1. The van der Waals surface area contributed by atoms with Gasteiger partial charge in [-0.15, -0.1) is 0 Å². The molecule has 5 heteroatoms. The average Bonchev–Trinajstić information content (AvgIpc) is 2.17. The molecule has 0 spiro atoms. The van der Waals surface area contributed by atoms with Gasteiger partial charge in [0.25, 0.3) is 0 Å². The highest BCUT2D eigenvalue weighted by molar-refractivity contribution is 5.73. The molecule has 0 aromatic carbocycles. The largest absolute Gasteiger partial charge is 0.388 e. The fourth-order valence-corrected chi connectivity index (χ4v) is 1.24. The molecule has 0 saturated carbocycles. The van der Waals surface area contributed by atoms with E-state index >= 15 is 0 Å². The topological polar surface area (TPSA) is 67.8 Å². The normalized spacial score (nSPS) is 32.0. The molecule has 1 heterocycles. The second kappa shape index (κ2) is 4.25. The maximum atomic E-state index is 10.8. The van der Waals surface area contributed by atoms with Crippen LogP contribution in [0.1, 0.15) is 20.8 Å². The van der Waals surface area contributed by atoms with Gasteiger partial charge in [-0.05, 0) is 13.8 Å². The van der Waals surface area contributed by atoms with Crippen LogP contribution in [-0.4, -0.2) is 42.2 Å². The second-order valence-corrected chi connectivity index (χ2v) is 3.90. The van der Waals surface area contributed by atoms with E-state index in [2.05, 4.69) is 5.32 Å². The lowest BCUT2D eigenvalue weighted by atomic mass is 10.2. The molecule has 14 heavy (non-hydrogen) atoms. The quantitative estimate of drug-likeness (QED) is 0.610. The van der Waals surface area contributed by atoms with Gasteiger partial charge in [0, 0.05) is 6.92 Å². The Morgan fingerprint density at radius 3 is 2.57 bits per heavy atom. The Kier molecular flexibility index (Phi) is 3.47. The smallest absolute Gasteiger partial charge is 0.217 e. The van der Waals surface area contributed by atoms with Crippen molar-refractivity contribution in [3.8, 4) is 0 Å². The third-order valence-corrected chi connectivity index (χ3v) is 2.07. The standard InChI is InChI=1S/C9H17NO4/c1-6(11)10-7-4-13-9(2,3)14-5-8(7)12/h7-8,12H,4-5H2,1-3H3,(H,10,11). The number of amides is 1. The Labute approximate surface area is 83.4 Å². The van der Waals surface area contributed by atoms with Crippen molar-refractivity contribution in [3.63, 3.8) is 0 Å². The fourth-order valence-electron chi connectivity index (χ4n) is 1.24. The van der Waals surface area contributed by atoms with Gasteiger partial charge in [-0.1, -0.05) is 0 Å². The SMILES string of the molecule is CC(=O)NC1COC(C)(C)OCC1O. The molecule has 0 aromatic heterocycles. The summed E-state index contributed by atoms with van der Waals surface area (Å²) in [6, 6.07) is -0.394. The predicted molar refractivity (Wildman–Crippen MR) is 49.6 cm³/mol. The van der Waals surface area contributed by atoms with E-state index in [9.17, 15) is 9.90 Å². The zero-order chi connectivity index (χ0) is 10.8. The van der Waals surface area contributed by atoms with Crippen LogP contribution in [0.4, 0.5) is 0 Å². The van der Waals surface area contributed by atoms with Crippen molar-refractivity contribution in [3.05, 3.63) is 0 Å². The van der Waals surface area contributed by atoms with Crippen LogP contribution >= 0.6 is 0 Å². The molecule has 2 unspecified atom stereocenters. The van der Waals surface area contributed by atoms with Crippen LogP contribution in [0.15, 0.2) is 0 Å². The number of hydrogen-bond acceptors (Lipinski definition) is 4. The minimum atomic E-state index is -0.722. The van der Waals surface area contributed by atoms with E-state index in [1.807, 2.05) is 0 Å². The molecule has 0 bridgehead atoms. The maximum Gasteiger partial charge on any atom is 0.217 e. The van der Waals surface area contributed by atoms with Gasteiger partial charge in [0.15, 0.2) is 5.79 Å². The highest BCUT2D eigenvalue weighted by atomic mass is 16.7. The Bertz CT molecular complexity index is 217. The predicted octanol–water partition coefficient (Wildman–Crippen LogP) is -0.365. The summed E-state index contributed by atoms with van der Waals surface area (Å²) in [5, 5.41) is 12.2. The summed E-state index contributed by atoms with van der Waals surface area (Å²) in [7, 11) is 0. The average molecular weight is 203 g/mol. The lowest BCUT2D eigenvalue weighted by Gasteiger charge is -2.22. The van der Waals surface area contributed by atoms with Gasteiger partial charge in [-0.2, -0.15) is 0 Å². The van der Waals surface area contributed by atoms with Crippen LogP contribution < -0.4 is 5.32 Å². The van der Waals surface area contributed by atoms with Crippen LogP contribution in [0.5, 0.6) is 0 Å². The maximum absolute atomic E-state index is 10.8. The van der Waals surface area contributed by atoms with Crippen LogP contribution in [-0.2, 0) is 14.3 Å². The van der Waals surface area contributed by atoms with E-state index in [-0.39, 0.29) is 19.1 Å². The number of carbonyl (C=O) groups excluding carboxylic acids is 1. The number of ether oxygens (including phenoxy) is 2. The number of nitrogens with one attached hydrogen (secondary N) is 1. The third kappa shape index (κ3) is 3.25. The first kappa shape index (κ1) is 11.4. The molecular weight excluding hydrogens is 186 g/mol. The summed E-state index contributed by atoms with van der Waals surface area (Å²) >= 11 is 0. The molecule has 1 saturated heterocycles. The summed E-state index contributed by atoms with van der Waals surface area (Å²) < 4.78 is 10.7. The monoisotopic (exact) mass is 203 g/mol. The van der Waals surface area contributed by atoms with Crippen molar-refractivity contribution < 1.29 is 19.4 Å². The molecule has 0 aliphatic carbocycles. The molecule has 1 rings (SSSR count). The van der Waals surface area contributed by atoms with E-state index in [4.69, 9.17) is 9.47 Å². The zero-order valence-electron chi connectivity index (χ0n) is 8.74. The number of hydrogen-bond donors (Lipinski definition) is 2. The van der Waals surface area contributed by atoms with Gasteiger partial charge >= 0.3 is 0 Å². The lowest BCUT2D eigenvalue weighted by Crippen LogP contribution is -2.46. The Hall–Kier alpha value is -0.650. The van der Waals surface area contributed by atoms with E-state index in [1.165, 1.54) is 6.92 Å². The zero-order valence-corrected chi connectivity index (χ0v) is 8.74.